The number of carbonyl (C=O) groups excluding carboxylic acids is 2. The van der Waals surface area contributed by atoms with Crippen LogP contribution in [0.25, 0.3) is 0 Å². The standard InChI is InChI=1S/C29H27N3O6/c1-3-35-26(33)28(27(34)36-4-2)23(21-14-9-10-16-30-21)24-25(32-28)18-11-5-8-15-22(18)38-29(24)19-12-6-7-13-20(19)31-17-37-29/h5-17,23-25,32H,3-4H2,1-2H3/t23-,24-,25-,29+/m1/s1. The molecule has 1 aromatic heterocycles. The molecule has 2 aromatic carbocycles. The van der Waals surface area contributed by atoms with E-state index in [9.17, 15) is 9.59 Å². The van der Waals surface area contributed by atoms with Gasteiger partial charge in [-0.15, -0.1) is 0 Å². The van der Waals surface area contributed by atoms with Crippen LogP contribution in [0.5, 0.6) is 5.75 Å². The predicted octanol–water partition coefficient (Wildman–Crippen LogP) is 3.93. The van der Waals surface area contributed by atoms with Crippen molar-refractivity contribution in [3.63, 3.8) is 0 Å². The third-order valence-electron chi connectivity index (χ3n) is 7.42. The Morgan fingerprint density at radius 1 is 0.947 bits per heavy atom. The number of nitrogens with one attached hydrogen (secondary N) is 1. The van der Waals surface area contributed by atoms with E-state index in [0.717, 1.165) is 5.56 Å². The lowest BCUT2D eigenvalue weighted by Crippen LogP contribution is -2.60. The number of benzene rings is 2. The molecule has 9 nitrogen and oxygen atoms in total. The number of carbonyl (C=O) groups is 2. The van der Waals surface area contributed by atoms with Gasteiger partial charge in [-0.05, 0) is 44.2 Å². The molecule has 4 heterocycles. The number of rotatable bonds is 5. The molecular weight excluding hydrogens is 486 g/mol. The fourth-order valence-corrected chi connectivity index (χ4v) is 6.01. The van der Waals surface area contributed by atoms with Crippen LogP contribution in [0.2, 0.25) is 0 Å². The van der Waals surface area contributed by atoms with Crippen molar-refractivity contribution in [3.8, 4) is 5.75 Å². The number of para-hydroxylation sites is 2. The summed E-state index contributed by atoms with van der Waals surface area (Å²) < 4.78 is 24.2. The Bertz CT molecular complexity index is 1390. The fraction of sp³-hybridized carbons (Fsp3) is 0.310. The van der Waals surface area contributed by atoms with Gasteiger partial charge in [-0.1, -0.05) is 36.4 Å². The average Bonchev–Trinajstić information content (AvgIpc) is 3.33. The molecule has 6 rings (SSSR count). The molecule has 3 aliphatic rings. The second-order valence-electron chi connectivity index (χ2n) is 9.31. The zero-order chi connectivity index (χ0) is 26.3. The topological polar surface area (TPSA) is 108 Å². The first-order valence-electron chi connectivity index (χ1n) is 12.7. The van der Waals surface area contributed by atoms with Crippen molar-refractivity contribution < 1.29 is 28.5 Å². The first kappa shape index (κ1) is 24.1. The lowest BCUT2D eigenvalue weighted by Gasteiger charge is -2.47. The zero-order valence-electron chi connectivity index (χ0n) is 21.0. The van der Waals surface area contributed by atoms with Crippen molar-refractivity contribution in [2.24, 2.45) is 10.9 Å². The highest BCUT2D eigenvalue weighted by molar-refractivity contribution is 6.07. The molecule has 0 bridgehead atoms. The summed E-state index contributed by atoms with van der Waals surface area (Å²) >= 11 is 0. The summed E-state index contributed by atoms with van der Waals surface area (Å²) in [4.78, 5) is 36.9. The molecule has 0 radical (unpaired) electrons. The van der Waals surface area contributed by atoms with E-state index in [4.69, 9.17) is 18.9 Å². The number of ether oxygens (including phenoxy) is 4. The molecule has 1 fully saturated rings. The zero-order valence-corrected chi connectivity index (χ0v) is 21.0. The van der Waals surface area contributed by atoms with Gasteiger partial charge < -0.3 is 18.9 Å². The Morgan fingerprint density at radius 2 is 1.66 bits per heavy atom. The van der Waals surface area contributed by atoms with E-state index in [1.807, 2.05) is 54.6 Å². The summed E-state index contributed by atoms with van der Waals surface area (Å²) in [6.07, 6.45) is 2.99. The lowest BCUT2D eigenvalue weighted by molar-refractivity contribution is -0.192. The molecule has 0 amide bonds. The van der Waals surface area contributed by atoms with E-state index >= 15 is 0 Å². The first-order valence-corrected chi connectivity index (χ1v) is 12.7. The van der Waals surface area contributed by atoms with E-state index in [1.165, 1.54) is 6.40 Å². The molecule has 3 aliphatic heterocycles. The van der Waals surface area contributed by atoms with Gasteiger partial charge in [0.15, 0.2) is 6.40 Å². The summed E-state index contributed by atoms with van der Waals surface area (Å²) in [6.45, 7) is 3.56. The van der Waals surface area contributed by atoms with Gasteiger partial charge in [-0.25, -0.2) is 14.6 Å². The van der Waals surface area contributed by atoms with Crippen LogP contribution in [-0.2, 0) is 29.6 Å². The summed E-state index contributed by atoms with van der Waals surface area (Å²) in [5.41, 5.74) is 0.707. The van der Waals surface area contributed by atoms with Crippen molar-refractivity contribution >= 4 is 24.0 Å². The van der Waals surface area contributed by atoms with Crippen LogP contribution in [0, 0.1) is 5.92 Å². The summed E-state index contributed by atoms with van der Waals surface area (Å²) in [5, 5.41) is 3.39. The minimum Gasteiger partial charge on any atom is -0.464 e. The maximum Gasteiger partial charge on any atom is 0.338 e. The summed E-state index contributed by atoms with van der Waals surface area (Å²) in [5.74, 6) is -3.90. The molecule has 1 saturated heterocycles. The van der Waals surface area contributed by atoms with Gasteiger partial charge in [0.2, 0.25) is 5.54 Å². The SMILES string of the molecule is CCOC(=O)C1(C(=O)OCC)N[C@@H]2c3ccccc3O[C@]3(OC=Nc4ccccc43)[C@@H]2[C@H]1c1ccccn1. The first-order chi connectivity index (χ1) is 18.6. The number of nitrogens with zero attached hydrogens (tertiary/aromatic N) is 2. The van der Waals surface area contributed by atoms with Gasteiger partial charge in [-0.3, -0.25) is 10.3 Å². The van der Waals surface area contributed by atoms with Crippen LogP contribution in [0.3, 0.4) is 0 Å². The number of fused-ring (bicyclic) bond motifs is 6. The van der Waals surface area contributed by atoms with Crippen LogP contribution in [0.15, 0.2) is 77.9 Å². The van der Waals surface area contributed by atoms with E-state index in [0.29, 0.717) is 22.7 Å². The van der Waals surface area contributed by atoms with E-state index in [1.54, 1.807) is 32.2 Å². The van der Waals surface area contributed by atoms with Gasteiger partial charge in [-0.2, -0.15) is 0 Å². The predicted molar refractivity (Wildman–Crippen MR) is 137 cm³/mol. The van der Waals surface area contributed by atoms with Crippen LogP contribution >= 0.6 is 0 Å². The fourth-order valence-electron chi connectivity index (χ4n) is 6.01. The smallest absolute Gasteiger partial charge is 0.338 e. The van der Waals surface area contributed by atoms with E-state index < -0.39 is 41.1 Å². The molecular formula is C29H27N3O6. The number of aliphatic imine (C=N–C) groups is 1. The molecule has 3 aromatic rings. The molecule has 1 spiro atoms. The monoisotopic (exact) mass is 513 g/mol. The minimum absolute atomic E-state index is 0.0795. The Kier molecular flexibility index (Phi) is 5.87. The second kappa shape index (κ2) is 9.25. The Morgan fingerprint density at radius 3 is 2.39 bits per heavy atom. The number of esters is 2. The molecule has 1 N–H and O–H groups in total. The largest absolute Gasteiger partial charge is 0.464 e. The number of pyridine rings is 1. The van der Waals surface area contributed by atoms with Crippen molar-refractivity contribution in [3.05, 3.63) is 89.7 Å². The number of hydrogen-bond acceptors (Lipinski definition) is 9. The van der Waals surface area contributed by atoms with Gasteiger partial charge in [0.25, 0.3) is 5.79 Å². The number of hydrogen-bond donors (Lipinski definition) is 1. The summed E-state index contributed by atoms with van der Waals surface area (Å²) in [6, 6.07) is 19.9. The molecule has 4 atom stereocenters. The number of aromatic nitrogens is 1. The van der Waals surface area contributed by atoms with Crippen molar-refractivity contribution in [2.75, 3.05) is 13.2 Å². The van der Waals surface area contributed by atoms with Gasteiger partial charge in [0.05, 0.1) is 36.3 Å². The highest BCUT2D eigenvalue weighted by Crippen LogP contribution is 2.62. The van der Waals surface area contributed by atoms with Gasteiger partial charge in [0.1, 0.15) is 5.75 Å². The molecule has 0 aliphatic carbocycles. The molecule has 38 heavy (non-hydrogen) atoms. The van der Waals surface area contributed by atoms with Gasteiger partial charge in [0, 0.05) is 23.5 Å². The molecule has 0 unspecified atom stereocenters. The quantitative estimate of drug-likeness (QED) is 0.404. The van der Waals surface area contributed by atoms with Crippen molar-refractivity contribution in [1.82, 2.24) is 10.3 Å². The third-order valence-corrected chi connectivity index (χ3v) is 7.42. The van der Waals surface area contributed by atoms with Crippen LogP contribution < -0.4 is 10.1 Å². The highest BCUT2D eigenvalue weighted by Gasteiger charge is 2.73. The van der Waals surface area contributed by atoms with Crippen LogP contribution in [-0.4, -0.2) is 42.1 Å². The Hall–Kier alpha value is -4.24. The van der Waals surface area contributed by atoms with Crippen LogP contribution in [0.4, 0.5) is 5.69 Å². The van der Waals surface area contributed by atoms with E-state index in [-0.39, 0.29) is 13.2 Å². The maximum atomic E-state index is 13.9. The van der Waals surface area contributed by atoms with Gasteiger partial charge >= 0.3 is 11.9 Å². The third kappa shape index (κ3) is 3.35. The molecule has 194 valence electrons. The Balaban J connectivity index is 1.67. The maximum absolute atomic E-state index is 13.9. The normalized spacial score (nSPS) is 25.8. The highest BCUT2D eigenvalue weighted by atomic mass is 16.7. The Labute approximate surface area is 219 Å². The second-order valence-corrected chi connectivity index (χ2v) is 9.31. The lowest BCUT2D eigenvalue weighted by atomic mass is 9.68. The minimum atomic E-state index is -1.92. The van der Waals surface area contributed by atoms with Crippen LogP contribution in [0.1, 0.15) is 42.6 Å². The van der Waals surface area contributed by atoms with E-state index in [2.05, 4.69) is 15.3 Å². The average molecular weight is 514 g/mol. The van der Waals surface area contributed by atoms with Crippen molar-refractivity contribution in [2.45, 2.75) is 37.1 Å². The van der Waals surface area contributed by atoms with Crippen molar-refractivity contribution in [1.29, 1.82) is 0 Å². The molecule has 0 saturated carbocycles. The molecule has 9 heteroatoms. The summed E-state index contributed by atoms with van der Waals surface area (Å²) in [7, 11) is 0.